The summed E-state index contributed by atoms with van der Waals surface area (Å²) in [6, 6.07) is 15.3. The largest absolute Gasteiger partial charge is 0.493 e. The van der Waals surface area contributed by atoms with Crippen molar-refractivity contribution in [3.63, 3.8) is 0 Å². The molecule has 0 unspecified atom stereocenters. The Hall–Kier alpha value is -3.54. The molecule has 0 spiro atoms. The Bertz CT molecular complexity index is 920. The van der Waals surface area contributed by atoms with Crippen molar-refractivity contribution in [2.75, 3.05) is 13.2 Å². The maximum atomic E-state index is 11.8. The molecule has 0 fully saturated rings. The van der Waals surface area contributed by atoms with Crippen LogP contribution in [0.3, 0.4) is 0 Å². The van der Waals surface area contributed by atoms with Gasteiger partial charge in [-0.2, -0.15) is 0 Å². The minimum atomic E-state index is 0.115. The Morgan fingerprint density at radius 3 is 2.12 bits per heavy atom. The van der Waals surface area contributed by atoms with Crippen molar-refractivity contribution in [2.24, 2.45) is 0 Å². The van der Waals surface area contributed by atoms with Crippen LogP contribution in [0.5, 0.6) is 5.75 Å². The summed E-state index contributed by atoms with van der Waals surface area (Å²) in [6.45, 7) is 8.98. The van der Waals surface area contributed by atoms with Gasteiger partial charge in [-0.25, -0.2) is 4.98 Å². The fourth-order valence-electron chi connectivity index (χ4n) is 3.20. The first-order valence-electron chi connectivity index (χ1n) is 12.1. The van der Waals surface area contributed by atoms with E-state index in [1.807, 2.05) is 68.5 Å². The second-order valence-electron chi connectivity index (χ2n) is 7.44. The molecule has 0 atom stereocenters. The van der Waals surface area contributed by atoms with Crippen LogP contribution in [0, 0.1) is 0 Å². The average molecular weight is 461 g/mol. The normalized spacial score (nSPS) is 10.1. The van der Waals surface area contributed by atoms with E-state index in [9.17, 15) is 4.79 Å². The van der Waals surface area contributed by atoms with E-state index in [1.54, 1.807) is 12.4 Å². The minimum absolute atomic E-state index is 0.115. The minimum Gasteiger partial charge on any atom is -0.493 e. The standard InChI is InChI=1S/C26H30N4O2.C2H6/c1-2-3-8-17-29-26(31)14-5-4-11-18-32-21-19-24(22-12-6-9-15-27-22)30-25(20-21)23-13-7-10-16-28-23;1-2/h2,6-7,9-10,12-13,15-16,19-20H,1,3-5,8,11,14,17-18H2,(H,29,31);1-2H3. The van der Waals surface area contributed by atoms with Crippen molar-refractivity contribution in [2.45, 2.75) is 52.4 Å². The van der Waals surface area contributed by atoms with E-state index in [0.717, 1.165) is 60.6 Å². The number of nitrogens with zero attached hydrogens (tertiary/aromatic N) is 3. The first kappa shape index (κ1) is 26.7. The van der Waals surface area contributed by atoms with Crippen molar-refractivity contribution >= 4 is 5.91 Å². The maximum Gasteiger partial charge on any atom is 0.219 e. The molecule has 0 bridgehead atoms. The van der Waals surface area contributed by atoms with Crippen molar-refractivity contribution in [3.05, 3.63) is 73.6 Å². The highest BCUT2D eigenvalue weighted by Gasteiger charge is 2.10. The third kappa shape index (κ3) is 9.53. The Morgan fingerprint density at radius 1 is 0.912 bits per heavy atom. The number of hydrogen-bond donors (Lipinski definition) is 1. The molecule has 3 rings (SSSR count). The van der Waals surface area contributed by atoms with Crippen LogP contribution in [0.2, 0.25) is 0 Å². The van der Waals surface area contributed by atoms with Gasteiger partial charge in [0.05, 0.1) is 29.4 Å². The number of allylic oxidation sites excluding steroid dienone is 1. The van der Waals surface area contributed by atoms with E-state index in [0.29, 0.717) is 19.6 Å². The molecule has 180 valence electrons. The predicted molar refractivity (Wildman–Crippen MR) is 138 cm³/mol. The van der Waals surface area contributed by atoms with E-state index in [4.69, 9.17) is 9.72 Å². The lowest BCUT2D eigenvalue weighted by Gasteiger charge is -2.10. The quantitative estimate of drug-likeness (QED) is 0.241. The molecule has 6 nitrogen and oxygen atoms in total. The third-order valence-electron chi connectivity index (χ3n) is 4.88. The lowest BCUT2D eigenvalue weighted by molar-refractivity contribution is -0.121. The summed E-state index contributed by atoms with van der Waals surface area (Å²) in [5.41, 5.74) is 3.07. The Morgan fingerprint density at radius 2 is 1.56 bits per heavy atom. The van der Waals surface area contributed by atoms with Gasteiger partial charge in [0.15, 0.2) is 0 Å². The molecule has 3 heterocycles. The number of pyridine rings is 3. The number of nitrogens with one attached hydrogen (secondary N) is 1. The second kappa shape index (κ2) is 16.1. The number of aromatic nitrogens is 3. The molecule has 0 aliphatic carbocycles. The average Bonchev–Trinajstić information content (AvgIpc) is 2.90. The molecule has 0 radical (unpaired) electrons. The van der Waals surface area contributed by atoms with Crippen molar-refractivity contribution in [3.8, 4) is 28.5 Å². The summed E-state index contributed by atoms with van der Waals surface area (Å²) in [5.74, 6) is 0.852. The van der Waals surface area contributed by atoms with E-state index < -0.39 is 0 Å². The van der Waals surface area contributed by atoms with Crippen molar-refractivity contribution in [1.29, 1.82) is 0 Å². The number of ether oxygens (including phenoxy) is 1. The van der Waals surface area contributed by atoms with Crippen LogP contribution in [0.1, 0.15) is 52.4 Å². The van der Waals surface area contributed by atoms with Gasteiger partial charge in [0.25, 0.3) is 0 Å². The van der Waals surface area contributed by atoms with Crippen LogP contribution < -0.4 is 10.1 Å². The topological polar surface area (TPSA) is 77.0 Å². The summed E-state index contributed by atoms with van der Waals surface area (Å²) >= 11 is 0. The molecule has 0 saturated carbocycles. The highest BCUT2D eigenvalue weighted by atomic mass is 16.5. The van der Waals surface area contributed by atoms with Crippen LogP contribution in [0.4, 0.5) is 0 Å². The van der Waals surface area contributed by atoms with Gasteiger partial charge in [0.1, 0.15) is 5.75 Å². The van der Waals surface area contributed by atoms with Gasteiger partial charge >= 0.3 is 0 Å². The van der Waals surface area contributed by atoms with Crippen LogP contribution in [-0.4, -0.2) is 34.0 Å². The number of carbonyl (C=O) groups is 1. The predicted octanol–water partition coefficient (Wildman–Crippen LogP) is 6.25. The lowest BCUT2D eigenvalue weighted by Crippen LogP contribution is -2.23. The molecule has 6 heteroatoms. The van der Waals surface area contributed by atoms with Crippen LogP contribution in [-0.2, 0) is 4.79 Å². The van der Waals surface area contributed by atoms with Gasteiger partial charge in [0, 0.05) is 37.5 Å². The molecule has 0 aromatic carbocycles. The summed E-state index contributed by atoms with van der Waals surface area (Å²) in [5, 5.41) is 2.94. The number of rotatable bonds is 13. The monoisotopic (exact) mass is 460 g/mol. The molecule has 3 aromatic heterocycles. The molecule has 1 amide bonds. The fraction of sp³-hybridized carbons (Fsp3) is 0.357. The number of amides is 1. The Kier molecular flexibility index (Phi) is 12.7. The lowest BCUT2D eigenvalue weighted by atomic mass is 10.1. The fourth-order valence-corrected chi connectivity index (χ4v) is 3.20. The highest BCUT2D eigenvalue weighted by Crippen LogP contribution is 2.26. The van der Waals surface area contributed by atoms with Crippen molar-refractivity contribution < 1.29 is 9.53 Å². The Balaban J connectivity index is 0.00000199. The van der Waals surface area contributed by atoms with Crippen LogP contribution >= 0.6 is 0 Å². The SMILES string of the molecule is C=CCCCNC(=O)CCCCCOc1cc(-c2ccccn2)nc(-c2ccccn2)c1.CC. The van der Waals surface area contributed by atoms with Gasteiger partial charge in [-0.15, -0.1) is 6.58 Å². The van der Waals surface area contributed by atoms with Gasteiger partial charge < -0.3 is 10.1 Å². The summed E-state index contributed by atoms with van der Waals surface area (Å²) in [7, 11) is 0. The van der Waals surface area contributed by atoms with Crippen LogP contribution in [0.25, 0.3) is 22.8 Å². The smallest absolute Gasteiger partial charge is 0.219 e. The number of unbranched alkanes of at least 4 members (excludes halogenated alkanes) is 3. The zero-order valence-electron chi connectivity index (χ0n) is 20.4. The van der Waals surface area contributed by atoms with E-state index >= 15 is 0 Å². The molecule has 1 N–H and O–H groups in total. The first-order chi connectivity index (χ1) is 16.8. The van der Waals surface area contributed by atoms with Crippen LogP contribution in [0.15, 0.2) is 73.6 Å². The van der Waals surface area contributed by atoms with Crippen molar-refractivity contribution in [1.82, 2.24) is 20.3 Å². The third-order valence-corrected chi connectivity index (χ3v) is 4.88. The molecular formula is C28H36N4O2. The van der Waals surface area contributed by atoms with E-state index in [1.165, 1.54) is 0 Å². The second-order valence-corrected chi connectivity index (χ2v) is 7.44. The van der Waals surface area contributed by atoms with Gasteiger partial charge in [-0.1, -0.05) is 32.1 Å². The number of hydrogen-bond acceptors (Lipinski definition) is 5. The molecule has 0 aliphatic heterocycles. The van der Waals surface area contributed by atoms with Gasteiger partial charge in [-0.3, -0.25) is 14.8 Å². The Labute approximate surface area is 203 Å². The summed E-state index contributed by atoms with van der Waals surface area (Å²) in [6.07, 6.45) is 10.5. The zero-order valence-corrected chi connectivity index (χ0v) is 20.4. The number of carbonyl (C=O) groups excluding carboxylic acids is 1. The molecule has 0 saturated heterocycles. The molecule has 0 aliphatic rings. The maximum absolute atomic E-state index is 11.8. The summed E-state index contributed by atoms with van der Waals surface area (Å²) < 4.78 is 6.02. The van der Waals surface area contributed by atoms with E-state index in [-0.39, 0.29) is 5.91 Å². The molecular weight excluding hydrogens is 424 g/mol. The van der Waals surface area contributed by atoms with Gasteiger partial charge in [0.2, 0.25) is 5.91 Å². The first-order valence-corrected chi connectivity index (χ1v) is 12.1. The molecule has 34 heavy (non-hydrogen) atoms. The highest BCUT2D eigenvalue weighted by molar-refractivity contribution is 5.75. The zero-order chi connectivity index (χ0) is 24.4. The van der Waals surface area contributed by atoms with E-state index in [2.05, 4.69) is 21.9 Å². The summed E-state index contributed by atoms with van der Waals surface area (Å²) in [4.78, 5) is 25.4. The van der Waals surface area contributed by atoms with Gasteiger partial charge in [-0.05, 0) is 56.4 Å². The molecule has 3 aromatic rings.